The van der Waals surface area contributed by atoms with Crippen LogP contribution in [0.3, 0.4) is 0 Å². The fourth-order valence-corrected chi connectivity index (χ4v) is 3.83. The molecule has 7 nitrogen and oxygen atoms in total. The van der Waals surface area contributed by atoms with Crippen LogP contribution in [0.25, 0.3) is 11.3 Å². The van der Waals surface area contributed by atoms with Crippen LogP contribution in [0.4, 0.5) is 0 Å². The van der Waals surface area contributed by atoms with E-state index in [1.165, 1.54) is 0 Å². The van der Waals surface area contributed by atoms with E-state index in [1.807, 2.05) is 44.2 Å². The minimum atomic E-state index is -0.354. The van der Waals surface area contributed by atoms with Gasteiger partial charge in [-0.15, -0.1) is 0 Å². The van der Waals surface area contributed by atoms with Crippen molar-refractivity contribution in [1.82, 2.24) is 19.4 Å². The Balaban J connectivity index is 1.56. The molecule has 0 aliphatic heterocycles. The van der Waals surface area contributed by atoms with E-state index >= 15 is 0 Å². The monoisotopic (exact) mass is 435 g/mol. The molecule has 1 amide bonds. The first-order valence-corrected chi connectivity index (χ1v) is 10.1. The van der Waals surface area contributed by atoms with Crippen molar-refractivity contribution in [2.45, 2.75) is 20.8 Å². The molecule has 0 aliphatic carbocycles. The van der Waals surface area contributed by atoms with E-state index < -0.39 is 0 Å². The summed E-state index contributed by atoms with van der Waals surface area (Å²) < 4.78 is 9.02. The van der Waals surface area contributed by atoms with E-state index in [2.05, 4.69) is 20.1 Å². The molecule has 1 N–H and O–H groups in total. The molecular weight excluding hydrogens is 414 g/mol. The second kappa shape index (κ2) is 8.28. The van der Waals surface area contributed by atoms with Crippen LogP contribution in [-0.2, 0) is 0 Å². The Morgan fingerprint density at radius 2 is 1.90 bits per heavy atom. The number of halogens is 1. The molecule has 0 spiro atoms. The molecule has 0 unspecified atom stereocenters. The number of pyridine rings is 1. The largest absolute Gasteiger partial charge is 0.497 e. The number of carbonyl (C=O) groups is 1. The quantitative estimate of drug-likeness (QED) is 0.371. The van der Waals surface area contributed by atoms with Crippen molar-refractivity contribution < 1.29 is 9.53 Å². The van der Waals surface area contributed by atoms with Gasteiger partial charge in [-0.3, -0.25) is 9.20 Å². The zero-order valence-corrected chi connectivity index (χ0v) is 18.4. The van der Waals surface area contributed by atoms with E-state index in [4.69, 9.17) is 16.3 Å². The summed E-state index contributed by atoms with van der Waals surface area (Å²) in [6.07, 6.45) is 3.31. The number of hydrazone groups is 1. The van der Waals surface area contributed by atoms with E-state index in [0.717, 1.165) is 28.4 Å². The summed E-state index contributed by atoms with van der Waals surface area (Å²) in [5.41, 5.74) is 8.26. The SMILES string of the molecule is COc1ccc(-n2c(C)cc(C=NNC(=O)c3c(C)nc4ccc(Cl)cn34)c2C)cc1. The molecule has 4 aromatic rings. The standard InChI is InChI=1S/C23H22ClN5O2/c1-14-11-17(16(3)29(14)19-6-8-20(31-4)9-7-19)12-25-27-23(30)22-15(2)26-21-10-5-18(24)13-28(21)22/h5-13H,1-4H3,(H,27,30). The van der Waals surface area contributed by atoms with Gasteiger partial charge in [0, 0.05) is 28.8 Å². The van der Waals surface area contributed by atoms with Gasteiger partial charge in [-0.2, -0.15) is 5.10 Å². The minimum absolute atomic E-state index is 0.354. The molecule has 0 fully saturated rings. The molecule has 31 heavy (non-hydrogen) atoms. The van der Waals surface area contributed by atoms with Crippen LogP contribution in [0, 0.1) is 20.8 Å². The first-order valence-electron chi connectivity index (χ1n) is 9.70. The summed E-state index contributed by atoms with van der Waals surface area (Å²) >= 11 is 6.07. The number of hydrogen-bond donors (Lipinski definition) is 1. The Hall–Kier alpha value is -3.58. The summed E-state index contributed by atoms with van der Waals surface area (Å²) in [6.45, 7) is 5.82. The van der Waals surface area contributed by atoms with Gasteiger partial charge in [-0.1, -0.05) is 11.6 Å². The number of nitrogens with zero attached hydrogens (tertiary/aromatic N) is 4. The number of hydrogen-bond acceptors (Lipinski definition) is 4. The average molecular weight is 436 g/mol. The van der Waals surface area contributed by atoms with Gasteiger partial charge in [0.25, 0.3) is 5.91 Å². The first kappa shape index (κ1) is 20.7. The van der Waals surface area contributed by atoms with Crippen LogP contribution < -0.4 is 10.2 Å². The molecule has 3 aromatic heterocycles. The predicted molar refractivity (Wildman–Crippen MR) is 122 cm³/mol. The normalized spacial score (nSPS) is 11.4. The molecule has 3 heterocycles. The number of aromatic nitrogens is 3. The lowest BCUT2D eigenvalue weighted by atomic mass is 10.2. The van der Waals surface area contributed by atoms with Crippen LogP contribution in [0.2, 0.25) is 5.02 Å². The number of rotatable bonds is 5. The lowest BCUT2D eigenvalue weighted by Crippen LogP contribution is -2.20. The van der Waals surface area contributed by atoms with Crippen molar-refractivity contribution in [1.29, 1.82) is 0 Å². The molecule has 4 rings (SSSR count). The predicted octanol–water partition coefficient (Wildman–Crippen LogP) is 4.48. The molecule has 0 saturated heterocycles. The molecule has 0 bridgehead atoms. The first-order chi connectivity index (χ1) is 14.9. The van der Waals surface area contributed by atoms with Crippen LogP contribution in [0.1, 0.15) is 33.1 Å². The number of benzene rings is 1. The highest BCUT2D eigenvalue weighted by atomic mass is 35.5. The third-order valence-corrected chi connectivity index (χ3v) is 5.37. The third-order valence-electron chi connectivity index (χ3n) is 5.14. The van der Waals surface area contributed by atoms with Crippen molar-refractivity contribution in [3.05, 3.63) is 82.0 Å². The molecule has 158 valence electrons. The highest BCUT2D eigenvalue weighted by Gasteiger charge is 2.16. The molecule has 0 radical (unpaired) electrons. The summed E-state index contributed by atoms with van der Waals surface area (Å²) in [4.78, 5) is 17.1. The maximum absolute atomic E-state index is 12.7. The second-order valence-electron chi connectivity index (χ2n) is 7.18. The number of nitrogens with one attached hydrogen (secondary N) is 1. The van der Waals surface area contributed by atoms with Gasteiger partial charge in [-0.25, -0.2) is 10.4 Å². The summed E-state index contributed by atoms with van der Waals surface area (Å²) in [7, 11) is 1.65. The fraction of sp³-hybridized carbons (Fsp3) is 0.174. The van der Waals surface area contributed by atoms with Crippen molar-refractivity contribution in [2.75, 3.05) is 7.11 Å². The highest BCUT2D eigenvalue weighted by molar-refractivity contribution is 6.30. The van der Waals surface area contributed by atoms with Gasteiger partial charge in [0.15, 0.2) is 0 Å². The molecule has 8 heteroatoms. The van der Waals surface area contributed by atoms with E-state index in [0.29, 0.717) is 22.1 Å². The summed E-state index contributed by atoms with van der Waals surface area (Å²) in [6, 6.07) is 13.4. The van der Waals surface area contributed by atoms with E-state index in [9.17, 15) is 4.79 Å². The van der Waals surface area contributed by atoms with Crippen LogP contribution >= 0.6 is 11.6 Å². The van der Waals surface area contributed by atoms with Crippen LogP contribution in [0.5, 0.6) is 5.75 Å². The van der Waals surface area contributed by atoms with Crippen LogP contribution in [-0.4, -0.2) is 33.2 Å². The average Bonchev–Trinajstić information content (AvgIpc) is 3.22. The molecule has 0 saturated carbocycles. The molecular formula is C23H22ClN5O2. The number of amides is 1. The highest BCUT2D eigenvalue weighted by Crippen LogP contribution is 2.22. The summed E-state index contributed by atoms with van der Waals surface area (Å²) in [5, 5.41) is 4.69. The number of ether oxygens (including phenoxy) is 1. The third kappa shape index (κ3) is 3.92. The van der Waals surface area contributed by atoms with E-state index in [-0.39, 0.29) is 5.91 Å². The van der Waals surface area contributed by atoms with E-state index in [1.54, 1.807) is 43.0 Å². The molecule has 0 atom stereocenters. The minimum Gasteiger partial charge on any atom is -0.497 e. The van der Waals surface area contributed by atoms with Crippen molar-refractivity contribution >= 4 is 29.4 Å². The zero-order chi connectivity index (χ0) is 22.1. The fourth-order valence-electron chi connectivity index (χ4n) is 3.67. The van der Waals surface area contributed by atoms with Crippen molar-refractivity contribution in [3.8, 4) is 11.4 Å². The Morgan fingerprint density at radius 1 is 1.16 bits per heavy atom. The van der Waals surface area contributed by atoms with Gasteiger partial charge < -0.3 is 9.30 Å². The van der Waals surface area contributed by atoms with Crippen molar-refractivity contribution in [2.24, 2.45) is 5.10 Å². The lowest BCUT2D eigenvalue weighted by Gasteiger charge is -2.10. The topological polar surface area (TPSA) is 72.9 Å². The van der Waals surface area contributed by atoms with Gasteiger partial charge in [-0.05, 0) is 63.2 Å². The van der Waals surface area contributed by atoms with Crippen molar-refractivity contribution in [3.63, 3.8) is 0 Å². The smallest absolute Gasteiger partial charge is 0.290 e. The Bertz CT molecular complexity index is 1300. The maximum atomic E-state index is 12.7. The van der Waals surface area contributed by atoms with Gasteiger partial charge >= 0.3 is 0 Å². The van der Waals surface area contributed by atoms with Gasteiger partial charge in [0.2, 0.25) is 0 Å². The molecule has 0 aliphatic rings. The second-order valence-corrected chi connectivity index (χ2v) is 7.62. The zero-order valence-electron chi connectivity index (χ0n) is 17.7. The Kier molecular flexibility index (Phi) is 5.52. The Labute approximate surface area is 184 Å². The van der Waals surface area contributed by atoms with Gasteiger partial charge in [0.1, 0.15) is 17.1 Å². The number of methoxy groups -OCH3 is 1. The number of fused-ring (bicyclic) bond motifs is 1. The number of imidazole rings is 1. The number of carbonyl (C=O) groups excluding carboxylic acids is 1. The Morgan fingerprint density at radius 3 is 2.61 bits per heavy atom. The molecule has 1 aromatic carbocycles. The van der Waals surface area contributed by atoms with Crippen LogP contribution in [0.15, 0.2) is 53.8 Å². The number of aryl methyl sites for hydroxylation is 2. The summed E-state index contributed by atoms with van der Waals surface area (Å²) in [5.74, 6) is 0.451. The van der Waals surface area contributed by atoms with Gasteiger partial charge in [0.05, 0.1) is 24.0 Å². The lowest BCUT2D eigenvalue weighted by molar-refractivity contribution is 0.0948. The maximum Gasteiger partial charge on any atom is 0.290 e.